The maximum Gasteiger partial charge on any atom is 0.332 e. The van der Waals surface area contributed by atoms with Crippen molar-refractivity contribution in [2.45, 2.75) is 71.8 Å². The third kappa shape index (κ3) is 6.34. The molecule has 0 aromatic heterocycles. The number of rotatable bonds is 8. The molecular weight excluding hydrogens is 284 g/mol. The number of hydrogen-bond acceptors (Lipinski definition) is 5. The van der Waals surface area contributed by atoms with E-state index in [0.717, 1.165) is 32.1 Å². The molecule has 0 N–H and O–H groups in total. The molecule has 0 aromatic carbocycles. The van der Waals surface area contributed by atoms with Gasteiger partial charge in [0.15, 0.2) is 0 Å². The lowest BCUT2D eigenvalue weighted by Gasteiger charge is -2.33. The fraction of sp³-hybridized carbons (Fsp3) is 0.882. The van der Waals surface area contributed by atoms with E-state index in [1.165, 1.54) is 6.42 Å². The Morgan fingerprint density at radius 1 is 1.09 bits per heavy atom. The topological polar surface area (TPSA) is 61.8 Å². The second-order valence-electron chi connectivity index (χ2n) is 6.91. The molecule has 1 aliphatic rings. The summed E-state index contributed by atoms with van der Waals surface area (Å²) in [6.07, 6.45) is 5.98. The second-order valence-corrected chi connectivity index (χ2v) is 6.91. The van der Waals surface area contributed by atoms with Crippen LogP contribution in [-0.2, 0) is 23.8 Å². The number of carbonyl (C=O) groups excluding carboxylic acids is 2. The molecule has 0 aliphatic heterocycles. The first-order chi connectivity index (χ1) is 10.3. The number of carbonyl (C=O) groups is 2. The average molecular weight is 314 g/mol. The quantitative estimate of drug-likeness (QED) is 0.508. The molecule has 0 bridgehead atoms. The van der Waals surface area contributed by atoms with E-state index < -0.39 is 5.41 Å². The van der Waals surface area contributed by atoms with Gasteiger partial charge in [0.1, 0.15) is 18.8 Å². The fourth-order valence-electron chi connectivity index (χ4n) is 2.39. The third-order valence-corrected chi connectivity index (χ3v) is 4.39. The van der Waals surface area contributed by atoms with Crippen LogP contribution in [0.3, 0.4) is 0 Å². The van der Waals surface area contributed by atoms with Crippen molar-refractivity contribution in [3.05, 3.63) is 0 Å². The molecule has 0 amide bonds. The summed E-state index contributed by atoms with van der Waals surface area (Å²) in [5.74, 6) is -0.583. The van der Waals surface area contributed by atoms with Crippen LogP contribution in [0.25, 0.3) is 0 Å². The lowest BCUT2D eigenvalue weighted by Crippen LogP contribution is -2.35. The van der Waals surface area contributed by atoms with Crippen molar-refractivity contribution in [2.75, 3.05) is 19.8 Å². The zero-order valence-corrected chi connectivity index (χ0v) is 14.4. The molecule has 0 spiro atoms. The smallest absolute Gasteiger partial charge is 0.332 e. The monoisotopic (exact) mass is 314 g/mol. The zero-order chi connectivity index (χ0) is 16.6. The molecule has 1 fully saturated rings. The van der Waals surface area contributed by atoms with Gasteiger partial charge < -0.3 is 14.2 Å². The molecule has 0 radical (unpaired) electrons. The van der Waals surface area contributed by atoms with Crippen LogP contribution in [0.15, 0.2) is 0 Å². The van der Waals surface area contributed by atoms with Crippen molar-refractivity contribution >= 4 is 11.9 Å². The molecule has 5 heteroatoms. The summed E-state index contributed by atoms with van der Waals surface area (Å²) in [6.45, 7) is 7.89. The molecule has 5 nitrogen and oxygen atoms in total. The minimum absolute atomic E-state index is 0.0929. The maximum absolute atomic E-state index is 11.8. The summed E-state index contributed by atoms with van der Waals surface area (Å²) in [4.78, 5) is 23.5. The molecule has 1 saturated carbocycles. The third-order valence-electron chi connectivity index (χ3n) is 4.39. The highest BCUT2D eigenvalue weighted by Crippen LogP contribution is 2.31. The van der Waals surface area contributed by atoms with E-state index in [9.17, 15) is 9.59 Å². The Hall–Kier alpha value is -1.10. The number of hydrogen-bond donors (Lipinski definition) is 0. The summed E-state index contributed by atoms with van der Waals surface area (Å²) in [5.41, 5.74) is -0.815. The molecule has 0 atom stereocenters. The fourth-order valence-corrected chi connectivity index (χ4v) is 2.39. The maximum atomic E-state index is 11.8. The summed E-state index contributed by atoms with van der Waals surface area (Å²) < 4.78 is 15.9. The van der Waals surface area contributed by atoms with Gasteiger partial charge in [-0.1, -0.05) is 13.3 Å². The van der Waals surface area contributed by atoms with E-state index in [1.54, 1.807) is 0 Å². The van der Waals surface area contributed by atoms with Gasteiger partial charge in [-0.15, -0.1) is 0 Å². The van der Waals surface area contributed by atoms with E-state index in [2.05, 4.69) is 0 Å². The highest BCUT2D eigenvalue weighted by atomic mass is 16.6. The first kappa shape index (κ1) is 18.9. The van der Waals surface area contributed by atoms with Crippen LogP contribution >= 0.6 is 0 Å². The van der Waals surface area contributed by atoms with Crippen molar-refractivity contribution in [3.8, 4) is 0 Å². The Kier molecular flexibility index (Phi) is 7.33. The van der Waals surface area contributed by atoms with Gasteiger partial charge in [0, 0.05) is 0 Å². The van der Waals surface area contributed by atoms with Crippen LogP contribution in [-0.4, -0.2) is 37.4 Å². The zero-order valence-electron chi connectivity index (χ0n) is 14.4. The Bertz CT molecular complexity index is 369. The van der Waals surface area contributed by atoms with E-state index in [-0.39, 0.29) is 37.4 Å². The standard InChI is InChI=1S/C17H30O5/c1-5-16(2,3)15(19)21-12-11-20-13-14(18)22-17(4)9-7-6-8-10-17/h5-13H2,1-4H3. The first-order valence-corrected chi connectivity index (χ1v) is 8.26. The Balaban J connectivity index is 2.14. The molecule has 22 heavy (non-hydrogen) atoms. The highest BCUT2D eigenvalue weighted by Gasteiger charge is 2.30. The van der Waals surface area contributed by atoms with Crippen LogP contribution in [0.4, 0.5) is 0 Å². The average Bonchev–Trinajstić information content (AvgIpc) is 2.46. The summed E-state index contributed by atoms with van der Waals surface area (Å²) in [6, 6.07) is 0. The van der Waals surface area contributed by atoms with Gasteiger partial charge in [0.2, 0.25) is 0 Å². The van der Waals surface area contributed by atoms with Crippen LogP contribution in [0.1, 0.15) is 66.2 Å². The van der Waals surface area contributed by atoms with Gasteiger partial charge in [0.25, 0.3) is 0 Å². The lowest BCUT2D eigenvalue weighted by atomic mass is 9.86. The highest BCUT2D eigenvalue weighted by molar-refractivity contribution is 5.75. The van der Waals surface area contributed by atoms with Crippen LogP contribution in [0, 0.1) is 5.41 Å². The van der Waals surface area contributed by atoms with Crippen LogP contribution < -0.4 is 0 Å². The molecule has 0 aromatic rings. The summed E-state index contributed by atoms with van der Waals surface area (Å²) in [7, 11) is 0. The normalized spacial score (nSPS) is 17.8. The molecule has 0 unspecified atom stereocenters. The predicted octanol–water partition coefficient (Wildman–Crippen LogP) is 3.25. The molecule has 0 heterocycles. The SMILES string of the molecule is CCC(C)(C)C(=O)OCCOCC(=O)OC1(C)CCCCC1. The Morgan fingerprint density at radius 3 is 2.32 bits per heavy atom. The first-order valence-electron chi connectivity index (χ1n) is 8.26. The summed E-state index contributed by atoms with van der Waals surface area (Å²) in [5, 5.41) is 0. The van der Waals surface area contributed by atoms with Gasteiger partial charge in [-0.3, -0.25) is 4.79 Å². The molecule has 1 aliphatic carbocycles. The van der Waals surface area contributed by atoms with Crippen molar-refractivity contribution < 1.29 is 23.8 Å². The predicted molar refractivity (Wildman–Crippen MR) is 83.4 cm³/mol. The second kappa shape index (κ2) is 8.51. The minimum atomic E-state index is -0.478. The molecule has 128 valence electrons. The minimum Gasteiger partial charge on any atom is -0.463 e. The van der Waals surface area contributed by atoms with Crippen molar-refractivity contribution in [3.63, 3.8) is 0 Å². The molecule has 1 rings (SSSR count). The van der Waals surface area contributed by atoms with Crippen molar-refractivity contribution in [2.24, 2.45) is 5.41 Å². The van der Waals surface area contributed by atoms with Crippen LogP contribution in [0.5, 0.6) is 0 Å². The lowest BCUT2D eigenvalue weighted by molar-refractivity contribution is -0.167. The number of ether oxygens (including phenoxy) is 3. The Morgan fingerprint density at radius 2 is 1.73 bits per heavy atom. The Labute approximate surface area is 133 Å². The van der Waals surface area contributed by atoms with E-state index in [1.807, 2.05) is 27.7 Å². The molecular formula is C17H30O5. The van der Waals surface area contributed by atoms with Crippen molar-refractivity contribution in [1.82, 2.24) is 0 Å². The van der Waals surface area contributed by atoms with Gasteiger partial charge in [-0.2, -0.15) is 0 Å². The van der Waals surface area contributed by atoms with E-state index in [4.69, 9.17) is 14.2 Å². The van der Waals surface area contributed by atoms with Gasteiger partial charge >= 0.3 is 11.9 Å². The van der Waals surface area contributed by atoms with Crippen molar-refractivity contribution in [1.29, 1.82) is 0 Å². The van der Waals surface area contributed by atoms with Crippen LogP contribution in [0.2, 0.25) is 0 Å². The summed E-state index contributed by atoms with van der Waals surface area (Å²) >= 11 is 0. The number of esters is 2. The van der Waals surface area contributed by atoms with E-state index >= 15 is 0 Å². The largest absolute Gasteiger partial charge is 0.463 e. The molecule has 0 saturated heterocycles. The van der Waals surface area contributed by atoms with Gasteiger partial charge in [-0.25, -0.2) is 4.79 Å². The van der Waals surface area contributed by atoms with Gasteiger partial charge in [0.05, 0.1) is 12.0 Å². The van der Waals surface area contributed by atoms with Gasteiger partial charge in [-0.05, 0) is 52.9 Å². The van der Waals surface area contributed by atoms with E-state index in [0.29, 0.717) is 0 Å².